The number of nitrogens with zero attached hydrogens (tertiary/aromatic N) is 3. The smallest absolute Gasteiger partial charge is 0.255 e. The van der Waals surface area contributed by atoms with Crippen LogP contribution in [-0.4, -0.2) is 63.0 Å². The van der Waals surface area contributed by atoms with E-state index in [0.29, 0.717) is 36.8 Å². The predicted octanol–water partition coefficient (Wildman–Crippen LogP) is 4.42. The predicted molar refractivity (Wildman–Crippen MR) is 166 cm³/mol. The Morgan fingerprint density at radius 2 is 1.95 bits per heavy atom. The van der Waals surface area contributed by atoms with Crippen molar-refractivity contribution in [1.82, 2.24) is 25.1 Å². The van der Waals surface area contributed by atoms with E-state index in [-0.39, 0.29) is 24.1 Å². The average Bonchev–Trinajstić information content (AvgIpc) is 3.71. The minimum absolute atomic E-state index is 0.0298. The molecule has 0 spiro atoms. The van der Waals surface area contributed by atoms with Crippen LogP contribution in [0.1, 0.15) is 97.4 Å². The molecule has 1 unspecified atom stereocenters. The number of pyridine rings is 1. The molecular weight excluding hydrogens is 556 g/mol. The highest BCUT2D eigenvalue weighted by molar-refractivity contribution is 6.05. The van der Waals surface area contributed by atoms with Crippen LogP contribution in [0, 0.1) is 11.8 Å². The lowest BCUT2D eigenvalue weighted by Crippen LogP contribution is -2.52. The van der Waals surface area contributed by atoms with Crippen molar-refractivity contribution in [1.29, 1.82) is 0 Å². The van der Waals surface area contributed by atoms with Gasteiger partial charge in [0.2, 0.25) is 17.7 Å². The number of carbonyl (C=O) groups excluding carboxylic acids is 4. The van der Waals surface area contributed by atoms with Gasteiger partial charge in [-0.05, 0) is 69.5 Å². The van der Waals surface area contributed by atoms with E-state index in [2.05, 4.69) is 50.5 Å². The van der Waals surface area contributed by atoms with E-state index >= 15 is 0 Å². The van der Waals surface area contributed by atoms with E-state index in [9.17, 15) is 19.2 Å². The second-order valence-electron chi connectivity index (χ2n) is 12.0. The number of aromatic amines is 1. The van der Waals surface area contributed by atoms with Crippen molar-refractivity contribution in [2.45, 2.75) is 82.8 Å². The van der Waals surface area contributed by atoms with Gasteiger partial charge in [-0.2, -0.15) is 0 Å². The largest absolute Gasteiger partial charge is 0.357 e. The van der Waals surface area contributed by atoms with Crippen LogP contribution in [0.3, 0.4) is 0 Å². The molecule has 44 heavy (non-hydrogen) atoms. The van der Waals surface area contributed by atoms with Gasteiger partial charge in [0.25, 0.3) is 5.91 Å². The van der Waals surface area contributed by atoms with E-state index in [0.717, 1.165) is 67.1 Å². The first-order chi connectivity index (χ1) is 21.4. The van der Waals surface area contributed by atoms with Crippen LogP contribution < -0.4 is 10.6 Å². The third-order valence-electron chi connectivity index (χ3n) is 8.93. The Morgan fingerprint density at radius 3 is 2.77 bits per heavy atom. The lowest BCUT2D eigenvalue weighted by atomic mass is 10.0. The zero-order valence-electron chi connectivity index (χ0n) is 25.1. The number of aromatic nitrogens is 2. The summed E-state index contributed by atoms with van der Waals surface area (Å²) in [5.74, 6) is 6.08. The molecule has 2 aromatic heterocycles. The molecule has 4 amide bonds. The first-order valence-electron chi connectivity index (χ1n) is 15.6. The Balaban J connectivity index is 0.922. The van der Waals surface area contributed by atoms with Crippen LogP contribution >= 0.6 is 0 Å². The monoisotopic (exact) mass is 594 g/mol. The summed E-state index contributed by atoms with van der Waals surface area (Å²) in [5, 5.41) is 6.33. The van der Waals surface area contributed by atoms with Gasteiger partial charge in [-0.3, -0.25) is 29.4 Å². The van der Waals surface area contributed by atoms with Crippen molar-refractivity contribution in [3.63, 3.8) is 0 Å². The fraction of sp³-hybridized carbons (Fsp3) is 0.441. The maximum atomic E-state index is 13.0. The summed E-state index contributed by atoms with van der Waals surface area (Å²) in [6, 6.07) is 9.34. The second kappa shape index (κ2) is 13.0. The molecule has 10 nitrogen and oxygen atoms in total. The molecule has 6 rings (SSSR count). The fourth-order valence-corrected chi connectivity index (χ4v) is 6.52. The summed E-state index contributed by atoms with van der Waals surface area (Å²) < 4.78 is 0. The van der Waals surface area contributed by atoms with Crippen LogP contribution in [0.15, 0.2) is 36.5 Å². The number of anilines is 1. The molecule has 2 saturated heterocycles. The first kappa shape index (κ1) is 29.6. The minimum atomic E-state index is -0.633. The number of amides is 4. The van der Waals surface area contributed by atoms with Gasteiger partial charge in [0, 0.05) is 66.3 Å². The summed E-state index contributed by atoms with van der Waals surface area (Å²) in [4.78, 5) is 61.2. The Hall–Kier alpha value is -4.49. The van der Waals surface area contributed by atoms with E-state index in [1.165, 1.54) is 12.1 Å². The molecule has 3 aliphatic rings. The van der Waals surface area contributed by atoms with Gasteiger partial charge < -0.3 is 15.2 Å². The van der Waals surface area contributed by atoms with Gasteiger partial charge >= 0.3 is 0 Å². The van der Waals surface area contributed by atoms with Crippen LogP contribution in [-0.2, 0) is 20.9 Å². The topological polar surface area (TPSA) is 128 Å². The molecule has 3 aliphatic heterocycles. The number of imide groups is 1. The summed E-state index contributed by atoms with van der Waals surface area (Å²) in [6.45, 7) is 1.43. The van der Waals surface area contributed by atoms with Gasteiger partial charge in [0.15, 0.2) is 0 Å². The molecule has 5 heterocycles. The highest BCUT2D eigenvalue weighted by Gasteiger charge is 2.39. The Labute approximate surface area is 257 Å². The molecule has 10 heteroatoms. The second-order valence-corrected chi connectivity index (χ2v) is 12.0. The highest BCUT2D eigenvalue weighted by atomic mass is 16.2. The number of likely N-dealkylation sites (tertiary alicyclic amines) is 1. The molecule has 2 fully saturated rings. The maximum Gasteiger partial charge on any atom is 0.255 e. The minimum Gasteiger partial charge on any atom is -0.357 e. The van der Waals surface area contributed by atoms with Crippen molar-refractivity contribution in [3.05, 3.63) is 58.9 Å². The summed E-state index contributed by atoms with van der Waals surface area (Å²) in [5.41, 5.74) is 4.41. The number of hydrogen-bond acceptors (Lipinski definition) is 6. The first-order valence-corrected chi connectivity index (χ1v) is 15.6. The molecule has 0 bridgehead atoms. The number of H-pyrrole nitrogens is 1. The van der Waals surface area contributed by atoms with Gasteiger partial charge in [0.05, 0.1) is 5.52 Å². The summed E-state index contributed by atoms with van der Waals surface area (Å²) in [6.07, 6.45) is 9.54. The molecule has 1 aromatic carbocycles. The third kappa shape index (κ3) is 6.38. The number of hydrogen-bond donors (Lipinski definition) is 3. The van der Waals surface area contributed by atoms with E-state index in [1.54, 1.807) is 11.0 Å². The molecular formula is C34H38N6O4. The molecule has 0 radical (unpaired) electrons. The van der Waals surface area contributed by atoms with Gasteiger partial charge in [-0.15, -0.1) is 0 Å². The van der Waals surface area contributed by atoms with Crippen molar-refractivity contribution in [2.75, 3.05) is 18.9 Å². The molecule has 228 valence electrons. The fourth-order valence-electron chi connectivity index (χ4n) is 6.52. The number of fused-ring (bicyclic) bond motifs is 2. The van der Waals surface area contributed by atoms with Crippen LogP contribution in [0.2, 0.25) is 0 Å². The third-order valence-corrected chi connectivity index (χ3v) is 8.93. The zero-order chi connectivity index (χ0) is 30.6. The van der Waals surface area contributed by atoms with Crippen molar-refractivity contribution in [2.24, 2.45) is 0 Å². The lowest BCUT2D eigenvalue weighted by molar-refractivity contribution is -0.137. The zero-order valence-corrected chi connectivity index (χ0v) is 25.1. The van der Waals surface area contributed by atoms with Crippen LogP contribution in [0.25, 0.3) is 10.9 Å². The Bertz CT molecular complexity index is 1670. The van der Waals surface area contributed by atoms with Crippen LogP contribution in [0.4, 0.5) is 5.82 Å². The molecule has 3 N–H and O–H groups in total. The Kier molecular flexibility index (Phi) is 8.75. The molecule has 3 aromatic rings. The number of benzene rings is 1. The van der Waals surface area contributed by atoms with Gasteiger partial charge in [-0.1, -0.05) is 30.7 Å². The number of carbonyl (C=O) groups is 4. The van der Waals surface area contributed by atoms with Crippen molar-refractivity contribution >= 4 is 40.3 Å². The summed E-state index contributed by atoms with van der Waals surface area (Å²) >= 11 is 0. The van der Waals surface area contributed by atoms with Gasteiger partial charge in [-0.25, -0.2) is 4.98 Å². The van der Waals surface area contributed by atoms with E-state index in [1.807, 2.05) is 24.4 Å². The summed E-state index contributed by atoms with van der Waals surface area (Å²) in [7, 11) is 2.15. The van der Waals surface area contributed by atoms with Crippen molar-refractivity contribution in [3.8, 4) is 11.8 Å². The number of unbranched alkanes of at least 4 members (excludes halogenated alkanes) is 4. The Morgan fingerprint density at radius 1 is 1.09 bits per heavy atom. The van der Waals surface area contributed by atoms with Gasteiger partial charge in [0.1, 0.15) is 11.9 Å². The average molecular weight is 595 g/mol. The number of rotatable bonds is 9. The van der Waals surface area contributed by atoms with E-state index in [4.69, 9.17) is 0 Å². The van der Waals surface area contributed by atoms with Crippen LogP contribution in [0.5, 0.6) is 0 Å². The standard InChI is InChI=1S/C34H38N6O4/c1-39-17-9-13-28(39)27-18-23-20-35-30(19-26(23)36-27)37-31(41)14-7-5-3-2-4-6-10-22-11-8-12-24-25(22)21-40(34(24)44)29-15-16-32(42)38-33(29)43/h8,11-12,18-20,28-29,36H,2-5,7,9,13-17,21H2,1H3,(H,35,37,41)(H,38,42,43)/t28-,29?/m1/s1. The SMILES string of the molecule is CN1CCC[C@@H]1c1cc2cnc(NC(=O)CCCCCCC#Cc3cccc4c3CN(C3CCC(=O)NC3=O)C4=O)cc2[nH]1. The van der Waals surface area contributed by atoms with E-state index < -0.39 is 11.9 Å². The van der Waals surface area contributed by atoms with Crippen molar-refractivity contribution < 1.29 is 19.2 Å². The normalized spacial score (nSPS) is 20.0. The quantitative estimate of drug-likeness (QED) is 0.191. The molecule has 0 saturated carbocycles. The molecule has 0 aliphatic carbocycles. The highest BCUT2D eigenvalue weighted by Crippen LogP contribution is 2.32. The number of piperidine rings is 1. The maximum absolute atomic E-state index is 13.0. The lowest BCUT2D eigenvalue weighted by Gasteiger charge is -2.29. The molecule has 2 atom stereocenters. The number of nitrogens with one attached hydrogen (secondary N) is 3.